The standard InChI is InChI=1S/C14H25N3O/c1-4-16-14(9-15,13-5-6-13)10-17-7-12(3)18-8-11(17)2/h11-13,16H,4-8,10H2,1-3H3. The van der Waals surface area contributed by atoms with Crippen LogP contribution in [-0.2, 0) is 4.74 Å². The van der Waals surface area contributed by atoms with Crippen molar-refractivity contribution < 1.29 is 4.74 Å². The topological polar surface area (TPSA) is 48.3 Å². The molecule has 2 rings (SSSR count). The summed E-state index contributed by atoms with van der Waals surface area (Å²) in [6.45, 7) is 9.78. The zero-order valence-electron chi connectivity index (χ0n) is 11.8. The molecule has 0 aromatic heterocycles. The van der Waals surface area contributed by atoms with Crippen molar-refractivity contribution in [3.8, 4) is 6.07 Å². The first-order valence-electron chi connectivity index (χ1n) is 7.13. The number of nitriles is 1. The Labute approximate surface area is 110 Å². The van der Waals surface area contributed by atoms with E-state index in [0.29, 0.717) is 12.0 Å². The summed E-state index contributed by atoms with van der Waals surface area (Å²) in [6.07, 6.45) is 2.65. The molecule has 4 nitrogen and oxygen atoms in total. The predicted octanol–water partition coefficient (Wildman–Crippen LogP) is 1.38. The summed E-state index contributed by atoms with van der Waals surface area (Å²) in [4.78, 5) is 2.42. The van der Waals surface area contributed by atoms with Gasteiger partial charge in [-0.2, -0.15) is 5.26 Å². The fourth-order valence-corrected chi connectivity index (χ4v) is 2.90. The van der Waals surface area contributed by atoms with Crippen molar-refractivity contribution in [2.45, 2.75) is 51.3 Å². The van der Waals surface area contributed by atoms with E-state index < -0.39 is 0 Å². The zero-order valence-corrected chi connectivity index (χ0v) is 11.8. The van der Waals surface area contributed by atoms with E-state index in [4.69, 9.17) is 4.74 Å². The maximum Gasteiger partial charge on any atom is 0.122 e. The van der Waals surface area contributed by atoms with Crippen molar-refractivity contribution in [3.05, 3.63) is 0 Å². The predicted molar refractivity (Wildman–Crippen MR) is 71.2 cm³/mol. The van der Waals surface area contributed by atoms with Crippen LogP contribution in [0.25, 0.3) is 0 Å². The number of nitrogens with zero attached hydrogens (tertiary/aromatic N) is 2. The van der Waals surface area contributed by atoms with Crippen molar-refractivity contribution >= 4 is 0 Å². The SMILES string of the molecule is CCNC(C#N)(CN1CC(C)OCC1C)C1CC1. The van der Waals surface area contributed by atoms with Gasteiger partial charge in [0.15, 0.2) is 0 Å². The molecule has 0 aromatic rings. The van der Waals surface area contributed by atoms with Crippen molar-refractivity contribution in [2.24, 2.45) is 5.92 Å². The Balaban J connectivity index is 2.05. The molecule has 18 heavy (non-hydrogen) atoms. The van der Waals surface area contributed by atoms with Crippen molar-refractivity contribution in [1.29, 1.82) is 5.26 Å². The van der Waals surface area contributed by atoms with Gasteiger partial charge in [-0.05, 0) is 39.2 Å². The summed E-state index contributed by atoms with van der Waals surface area (Å²) in [5.74, 6) is 0.535. The summed E-state index contributed by atoms with van der Waals surface area (Å²) in [6, 6.07) is 2.98. The average Bonchev–Trinajstić information content (AvgIpc) is 3.17. The molecule has 1 aliphatic carbocycles. The van der Waals surface area contributed by atoms with E-state index >= 15 is 0 Å². The highest BCUT2D eigenvalue weighted by molar-refractivity contribution is 5.17. The van der Waals surface area contributed by atoms with Gasteiger partial charge in [0.1, 0.15) is 5.54 Å². The largest absolute Gasteiger partial charge is 0.376 e. The molecule has 102 valence electrons. The van der Waals surface area contributed by atoms with Gasteiger partial charge in [0, 0.05) is 19.1 Å². The van der Waals surface area contributed by atoms with Gasteiger partial charge >= 0.3 is 0 Å². The number of likely N-dealkylation sites (N-methyl/N-ethyl adjacent to an activating group) is 1. The number of hydrogen-bond donors (Lipinski definition) is 1. The average molecular weight is 251 g/mol. The van der Waals surface area contributed by atoms with Crippen LogP contribution in [0.4, 0.5) is 0 Å². The molecule has 1 saturated heterocycles. The molecule has 1 N–H and O–H groups in total. The first-order valence-corrected chi connectivity index (χ1v) is 7.13. The third-order valence-corrected chi connectivity index (χ3v) is 4.16. The molecule has 1 saturated carbocycles. The fourth-order valence-electron chi connectivity index (χ4n) is 2.90. The number of ether oxygens (including phenoxy) is 1. The van der Waals surface area contributed by atoms with E-state index in [1.807, 2.05) is 0 Å². The molecule has 3 unspecified atom stereocenters. The number of hydrogen-bond acceptors (Lipinski definition) is 4. The highest BCUT2D eigenvalue weighted by atomic mass is 16.5. The van der Waals surface area contributed by atoms with Crippen LogP contribution < -0.4 is 5.32 Å². The van der Waals surface area contributed by atoms with Crippen molar-refractivity contribution in [1.82, 2.24) is 10.2 Å². The van der Waals surface area contributed by atoms with E-state index in [-0.39, 0.29) is 11.6 Å². The maximum atomic E-state index is 9.63. The fraction of sp³-hybridized carbons (Fsp3) is 0.929. The van der Waals surface area contributed by atoms with Crippen LogP contribution in [-0.4, -0.2) is 48.8 Å². The minimum Gasteiger partial charge on any atom is -0.376 e. The highest BCUT2D eigenvalue weighted by Crippen LogP contribution is 2.40. The van der Waals surface area contributed by atoms with E-state index in [1.54, 1.807) is 0 Å². The molecular weight excluding hydrogens is 226 g/mol. The Kier molecular flexibility index (Phi) is 4.26. The lowest BCUT2D eigenvalue weighted by atomic mass is 9.93. The molecule has 0 bridgehead atoms. The van der Waals surface area contributed by atoms with E-state index in [2.05, 4.69) is 37.1 Å². The van der Waals surface area contributed by atoms with Gasteiger partial charge in [-0.1, -0.05) is 6.92 Å². The highest BCUT2D eigenvalue weighted by Gasteiger charge is 2.47. The van der Waals surface area contributed by atoms with Gasteiger partial charge < -0.3 is 4.74 Å². The zero-order chi connectivity index (χ0) is 13.2. The molecule has 4 heteroatoms. The first-order chi connectivity index (χ1) is 8.61. The van der Waals surface area contributed by atoms with Crippen LogP contribution in [0.1, 0.15) is 33.6 Å². The third-order valence-electron chi connectivity index (χ3n) is 4.16. The Bertz CT molecular complexity index is 323. The molecular formula is C14H25N3O. The second kappa shape index (κ2) is 5.56. The smallest absolute Gasteiger partial charge is 0.122 e. The van der Waals surface area contributed by atoms with Crippen molar-refractivity contribution in [3.63, 3.8) is 0 Å². The Hall–Kier alpha value is -0.630. The maximum absolute atomic E-state index is 9.63. The molecule has 2 aliphatic rings. The monoisotopic (exact) mass is 251 g/mol. The number of morpholine rings is 1. The third kappa shape index (κ3) is 2.85. The minimum atomic E-state index is -0.347. The molecule has 0 amide bonds. The molecule has 0 aromatic carbocycles. The normalized spacial score (nSPS) is 32.8. The Morgan fingerprint density at radius 1 is 1.44 bits per heavy atom. The van der Waals surface area contributed by atoms with Gasteiger partial charge in [-0.3, -0.25) is 10.2 Å². The van der Waals surface area contributed by atoms with E-state index in [1.165, 1.54) is 12.8 Å². The molecule has 2 fully saturated rings. The molecule has 3 atom stereocenters. The number of nitrogens with one attached hydrogen (secondary N) is 1. The van der Waals surface area contributed by atoms with Crippen LogP contribution in [0.2, 0.25) is 0 Å². The van der Waals surface area contributed by atoms with Gasteiger partial charge in [0.25, 0.3) is 0 Å². The molecule has 0 spiro atoms. The Morgan fingerprint density at radius 2 is 2.17 bits per heavy atom. The second-order valence-electron chi connectivity index (χ2n) is 5.81. The van der Waals surface area contributed by atoms with Crippen LogP contribution >= 0.6 is 0 Å². The lowest BCUT2D eigenvalue weighted by molar-refractivity contribution is -0.0562. The summed E-state index contributed by atoms with van der Waals surface area (Å²) < 4.78 is 5.66. The minimum absolute atomic E-state index is 0.276. The van der Waals surface area contributed by atoms with Crippen LogP contribution in [0.15, 0.2) is 0 Å². The van der Waals surface area contributed by atoms with Crippen LogP contribution in [0.3, 0.4) is 0 Å². The van der Waals surface area contributed by atoms with Gasteiger partial charge in [-0.15, -0.1) is 0 Å². The van der Waals surface area contributed by atoms with Gasteiger partial charge in [-0.25, -0.2) is 0 Å². The molecule has 1 aliphatic heterocycles. The van der Waals surface area contributed by atoms with E-state index in [0.717, 1.165) is 26.2 Å². The summed E-state index contributed by atoms with van der Waals surface area (Å²) in [7, 11) is 0. The summed E-state index contributed by atoms with van der Waals surface area (Å²) >= 11 is 0. The van der Waals surface area contributed by atoms with Gasteiger partial charge in [0.05, 0.1) is 18.8 Å². The molecule has 1 heterocycles. The first kappa shape index (κ1) is 13.8. The molecule has 0 radical (unpaired) electrons. The summed E-state index contributed by atoms with van der Waals surface area (Å²) in [5.41, 5.74) is -0.347. The summed E-state index contributed by atoms with van der Waals surface area (Å²) in [5, 5.41) is 13.1. The second-order valence-corrected chi connectivity index (χ2v) is 5.81. The lowest BCUT2D eigenvalue weighted by Gasteiger charge is -2.41. The Morgan fingerprint density at radius 3 is 2.72 bits per heavy atom. The quantitative estimate of drug-likeness (QED) is 0.802. The van der Waals surface area contributed by atoms with Crippen LogP contribution in [0, 0.1) is 17.2 Å². The van der Waals surface area contributed by atoms with Gasteiger partial charge in [0.2, 0.25) is 0 Å². The van der Waals surface area contributed by atoms with Crippen LogP contribution in [0.5, 0.6) is 0 Å². The lowest BCUT2D eigenvalue weighted by Crippen LogP contribution is -2.59. The number of rotatable bonds is 5. The van der Waals surface area contributed by atoms with Crippen molar-refractivity contribution in [2.75, 3.05) is 26.2 Å². The van der Waals surface area contributed by atoms with E-state index in [9.17, 15) is 5.26 Å².